The molecule has 0 heterocycles. The molecule has 1 nitrogen and oxygen atoms in total. The van der Waals surface area contributed by atoms with Gasteiger partial charge in [-0.3, -0.25) is 4.99 Å². The second-order valence-electron chi connectivity index (χ2n) is 5.07. The minimum Gasteiger partial charge on any atom is -0.253 e. The van der Waals surface area contributed by atoms with Crippen LogP contribution in [0.25, 0.3) is 0 Å². The molecule has 20 heavy (non-hydrogen) atoms. The molecule has 0 fully saturated rings. The van der Waals surface area contributed by atoms with Gasteiger partial charge in [-0.15, -0.1) is 0 Å². The van der Waals surface area contributed by atoms with Crippen LogP contribution in [0.1, 0.15) is 44.6 Å². The van der Waals surface area contributed by atoms with Gasteiger partial charge < -0.3 is 0 Å². The molecule has 0 amide bonds. The van der Waals surface area contributed by atoms with E-state index in [1.165, 1.54) is 37.0 Å². The van der Waals surface area contributed by atoms with E-state index < -0.39 is 0 Å². The normalized spacial score (nSPS) is 11.6. The van der Waals surface area contributed by atoms with Crippen LogP contribution in [0, 0.1) is 0 Å². The molecule has 2 aromatic rings. The van der Waals surface area contributed by atoms with E-state index in [2.05, 4.69) is 49.4 Å². The maximum Gasteiger partial charge on any atom is 0.0633 e. The molecule has 0 unspecified atom stereocenters. The molecule has 0 atom stereocenters. The van der Waals surface area contributed by atoms with Crippen LogP contribution in [0.3, 0.4) is 0 Å². The molecule has 0 saturated carbocycles. The fourth-order valence-electron chi connectivity index (χ4n) is 2.27. The Bertz CT molecular complexity index is 514. The van der Waals surface area contributed by atoms with E-state index in [0.717, 1.165) is 12.1 Å². The Kier molecular flexibility index (Phi) is 6.04. The Labute approximate surface area is 122 Å². The third-order valence-electron chi connectivity index (χ3n) is 3.39. The number of hydrogen-bond acceptors (Lipinski definition) is 1. The number of benzene rings is 2. The third-order valence-corrected chi connectivity index (χ3v) is 3.39. The van der Waals surface area contributed by atoms with Gasteiger partial charge in [0, 0.05) is 5.71 Å². The predicted molar refractivity (Wildman–Crippen MR) is 87.8 cm³/mol. The zero-order valence-corrected chi connectivity index (χ0v) is 12.3. The lowest BCUT2D eigenvalue weighted by Gasteiger charge is -2.07. The Balaban J connectivity index is 2.14. The van der Waals surface area contributed by atoms with Crippen molar-refractivity contribution in [2.45, 2.75) is 39.0 Å². The molecular formula is C19H23N. The summed E-state index contributed by atoms with van der Waals surface area (Å²) in [5.74, 6) is 0. The number of para-hydroxylation sites is 1. The summed E-state index contributed by atoms with van der Waals surface area (Å²) in [6, 6.07) is 20.8. The Morgan fingerprint density at radius 1 is 0.800 bits per heavy atom. The van der Waals surface area contributed by atoms with Crippen molar-refractivity contribution in [1.29, 1.82) is 0 Å². The van der Waals surface area contributed by atoms with E-state index in [1.807, 2.05) is 18.2 Å². The minimum atomic E-state index is 1.04. The predicted octanol–water partition coefficient (Wildman–Crippen LogP) is 5.78. The molecule has 0 spiro atoms. The summed E-state index contributed by atoms with van der Waals surface area (Å²) in [6.07, 6.45) is 6.15. The van der Waals surface area contributed by atoms with Crippen molar-refractivity contribution in [2.75, 3.05) is 0 Å². The maximum atomic E-state index is 4.84. The summed E-state index contributed by atoms with van der Waals surface area (Å²) in [7, 11) is 0. The zero-order chi connectivity index (χ0) is 14.0. The highest BCUT2D eigenvalue weighted by Gasteiger charge is 2.03. The van der Waals surface area contributed by atoms with Crippen LogP contribution in [0.2, 0.25) is 0 Å². The molecule has 1 heteroatoms. The van der Waals surface area contributed by atoms with E-state index >= 15 is 0 Å². The number of unbranched alkanes of at least 4 members (excludes halogenated alkanes) is 3. The van der Waals surface area contributed by atoms with Crippen molar-refractivity contribution in [3.05, 3.63) is 66.2 Å². The van der Waals surface area contributed by atoms with Gasteiger partial charge in [0.25, 0.3) is 0 Å². The van der Waals surface area contributed by atoms with Crippen LogP contribution in [0.4, 0.5) is 5.69 Å². The SMILES string of the molecule is CCCCCCC(=Nc1ccccc1)c1ccccc1. The summed E-state index contributed by atoms with van der Waals surface area (Å²) < 4.78 is 0. The number of nitrogens with zero attached hydrogens (tertiary/aromatic N) is 1. The van der Waals surface area contributed by atoms with Crippen LogP contribution in [0.15, 0.2) is 65.7 Å². The van der Waals surface area contributed by atoms with Crippen molar-refractivity contribution in [2.24, 2.45) is 4.99 Å². The van der Waals surface area contributed by atoms with E-state index in [0.29, 0.717) is 0 Å². The van der Waals surface area contributed by atoms with E-state index in [-0.39, 0.29) is 0 Å². The Hall–Kier alpha value is -1.89. The molecule has 0 N–H and O–H groups in total. The van der Waals surface area contributed by atoms with Gasteiger partial charge in [-0.1, -0.05) is 74.7 Å². The summed E-state index contributed by atoms with van der Waals surface area (Å²) in [5, 5.41) is 0. The standard InChI is InChI=1S/C19H23N/c1-2-3-4-11-16-19(17-12-7-5-8-13-17)20-18-14-9-6-10-15-18/h5-10,12-15H,2-4,11,16H2,1H3. The highest BCUT2D eigenvalue weighted by Crippen LogP contribution is 2.17. The zero-order valence-electron chi connectivity index (χ0n) is 12.3. The first-order chi connectivity index (χ1) is 9.90. The summed E-state index contributed by atoms with van der Waals surface area (Å²) >= 11 is 0. The molecule has 0 aromatic heterocycles. The smallest absolute Gasteiger partial charge is 0.0633 e. The van der Waals surface area contributed by atoms with Crippen molar-refractivity contribution in [1.82, 2.24) is 0 Å². The summed E-state index contributed by atoms with van der Waals surface area (Å²) in [5.41, 5.74) is 3.49. The average Bonchev–Trinajstić information content (AvgIpc) is 2.52. The van der Waals surface area contributed by atoms with Crippen molar-refractivity contribution in [3.8, 4) is 0 Å². The lowest BCUT2D eigenvalue weighted by molar-refractivity contribution is 0.683. The fraction of sp³-hybridized carbons (Fsp3) is 0.316. The molecule has 0 aliphatic carbocycles. The van der Waals surface area contributed by atoms with Crippen LogP contribution in [-0.4, -0.2) is 5.71 Å². The first-order valence-corrected chi connectivity index (χ1v) is 7.58. The highest BCUT2D eigenvalue weighted by molar-refractivity contribution is 6.02. The van der Waals surface area contributed by atoms with Gasteiger partial charge in [-0.25, -0.2) is 0 Å². The monoisotopic (exact) mass is 265 g/mol. The van der Waals surface area contributed by atoms with Crippen molar-refractivity contribution < 1.29 is 0 Å². The number of aliphatic imine (C=N–C) groups is 1. The third kappa shape index (κ3) is 4.65. The topological polar surface area (TPSA) is 12.4 Å². The van der Waals surface area contributed by atoms with Crippen molar-refractivity contribution >= 4 is 11.4 Å². The fourth-order valence-corrected chi connectivity index (χ4v) is 2.27. The molecule has 0 bridgehead atoms. The minimum absolute atomic E-state index is 1.04. The average molecular weight is 265 g/mol. The van der Waals surface area contributed by atoms with E-state index in [9.17, 15) is 0 Å². The highest BCUT2D eigenvalue weighted by atomic mass is 14.7. The van der Waals surface area contributed by atoms with Crippen LogP contribution in [0.5, 0.6) is 0 Å². The molecule has 104 valence electrons. The first-order valence-electron chi connectivity index (χ1n) is 7.58. The quantitative estimate of drug-likeness (QED) is 0.444. The van der Waals surface area contributed by atoms with Gasteiger partial charge >= 0.3 is 0 Å². The second kappa shape index (κ2) is 8.31. The molecule has 0 radical (unpaired) electrons. The molecule has 2 aromatic carbocycles. The summed E-state index contributed by atoms with van der Waals surface area (Å²) in [4.78, 5) is 4.84. The number of hydrogen-bond donors (Lipinski definition) is 0. The lowest BCUT2D eigenvalue weighted by atomic mass is 10.0. The second-order valence-corrected chi connectivity index (χ2v) is 5.07. The van der Waals surface area contributed by atoms with Gasteiger partial charge in [0.15, 0.2) is 0 Å². The molecule has 2 rings (SSSR count). The first kappa shape index (κ1) is 14.5. The Morgan fingerprint density at radius 3 is 2.10 bits per heavy atom. The molecular weight excluding hydrogens is 242 g/mol. The number of rotatable bonds is 7. The van der Waals surface area contributed by atoms with Gasteiger partial charge in [0.2, 0.25) is 0 Å². The lowest BCUT2D eigenvalue weighted by Crippen LogP contribution is -2.00. The van der Waals surface area contributed by atoms with Crippen LogP contribution >= 0.6 is 0 Å². The van der Waals surface area contributed by atoms with E-state index in [1.54, 1.807) is 0 Å². The summed E-state index contributed by atoms with van der Waals surface area (Å²) in [6.45, 7) is 2.25. The maximum absolute atomic E-state index is 4.84. The van der Waals surface area contributed by atoms with Gasteiger partial charge in [0.1, 0.15) is 0 Å². The molecule has 0 saturated heterocycles. The van der Waals surface area contributed by atoms with Gasteiger partial charge in [-0.2, -0.15) is 0 Å². The Morgan fingerprint density at radius 2 is 1.45 bits per heavy atom. The molecule has 0 aliphatic rings. The molecule has 0 aliphatic heterocycles. The van der Waals surface area contributed by atoms with Crippen LogP contribution < -0.4 is 0 Å². The van der Waals surface area contributed by atoms with Crippen molar-refractivity contribution in [3.63, 3.8) is 0 Å². The van der Waals surface area contributed by atoms with Gasteiger partial charge in [-0.05, 0) is 30.5 Å². The van der Waals surface area contributed by atoms with Crippen LogP contribution in [-0.2, 0) is 0 Å². The largest absolute Gasteiger partial charge is 0.253 e. The van der Waals surface area contributed by atoms with Gasteiger partial charge in [0.05, 0.1) is 5.69 Å². The van der Waals surface area contributed by atoms with E-state index in [4.69, 9.17) is 4.99 Å².